The lowest BCUT2D eigenvalue weighted by Gasteiger charge is -2.14. The molecule has 1 amide bonds. The third-order valence-corrected chi connectivity index (χ3v) is 2.93. The Kier molecular flexibility index (Phi) is 2.86. The van der Waals surface area contributed by atoms with E-state index in [9.17, 15) is 9.18 Å². The van der Waals surface area contributed by atoms with E-state index in [0.29, 0.717) is 11.4 Å². The lowest BCUT2D eigenvalue weighted by molar-refractivity contribution is 0.128. The number of carbonyl (C=O) groups is 1. The fourth-order valence-electron chi connectivity index (χ4n) is 2.00. The van der Waals surface area contributed by atoms with Crippen molar-refractivity contribution in [2.24, 2.45) is 0 Å². The number of cyclic esters (lactones) is 1. The van der Waals surface area contributed by atoms with Crippen molar-refractivity contribution in [3.8, 4) is 11.4 Å². The van der Waals surface area contributed by atoms with E-state index in [1.54, 1.807) is 24.3 Å². The summed E-state index contributed by atoms with van der Waals surface area (Å²) in [6, 6.07) is 6.38. The molecular formula is C12H10FN3O3. The van der Waals surface area contributed by atoms with Crippen LogP contribution in [0, 0.1) is 0 Å². The van der Waals surface area contributed by atoms with E-state index in [4.69, 9.17) is 4.74 Å². The average molecular weight is 263 g/mol. The molecule has 98 valence electrons. The molecule has 19 heavy (non-hydrogen) atoms. The number of nitrogens with one attached hydrogen (secondary N) is 1. The summed E-state index contributed by atoms with van der Waals surface area (Å²) in [7, 11) is 0. The maximum atomic E-state index is 12.8. The number of ether oxygens (including phenoxy) is 1. The summed E-state index contributed by atoms with van der Waals surface area (Å²) in [5.74, 6) is 0.468. The average Bonchev–Trinajstić information content (AvgIpc) is 3.08. The zero-order chi connectivity index (χ0) is 13.2. The summed E-state index contributed by atoms with van der Waals surface area (Å²) in [6.45, 7) is -0.678. The molecule has 1 saturated heterocycles. The number of amides is 1. The van der Waals surface area contributed by atoms with Gasteiger partial charge in [0.2, 0.25) is 12.2 Å². The molecule has 1 aliphatic rings. The van der Waals surface area contributed by atoms with Crippen molar-refractivity contribution in [2.75, 3.05) is 6.67 Å². The van der Waals surface area contributed by atoms with Gasteiger partial charge >= 0.3 is 6.09 Å². The van der Waals surface area contributed by atoms with Gasteiger partial charge in [-0.3, -0.25) is 0 Å². The van der Waals surface area contributed by atoms with Gasteiger partial charge < -0.3 is 14.6 Å². The molecule has 1 aromatic heterocycles. The lowest BCUT2D eigenvalue weighted by atomic mass is 10.0. The molecule has 0 bridgehead atoms. The number of rotatable bonds is 3. The van der Waals surface area contributed by atoms with E-state index in [1.165, 1.54) is 6.39 Å². The first-order valence-corrected chi connectivity index (χ1v) is 5.68. The Morgan fingerprint density at radius 3 is 2.74 bits per heavy atom. The molecule has 0 radical (unpaired) electrons. The van der Waals surface area contributed by atoms with Gasteiger partial charge in [-0.25, -0.2) is 9.18 Å². The number of benzene rings is 1. The fraction of sp³-hybridized carbons (Fsp3) is 0.250. The van der Waals surface area contributed by atoms with Crippen LogP contribution in [0.1, 0.15) is 11.7 Å². The molecule has 0 spiro atoms. The molecule has 0 aliphatic carbocycles. The first kappa shape index (κ1) is 11.6. The van der Waals surface area contributed by atoms with Crippen LogP contribution in [-0.2, 0) is 4.74 Å². The zero-order valence-electron chi connectivity index (χ0n) is 9.75. The normalized spacial score (nSPS) is 22.1. The van der Waals surface area contributed by atoms with E-state index in [0.717, 1.165) is 5.56 Å². The zero-order valence-corrected chi connectivity index (χ0v) is 9.75. The summed E-state index contributed by atoms with van der Waals surface area (Å²) >= 11 is 0. The van der Waals surface area contributed by atoms with Gasteiger partial charge in [-0.15, -0.1) is 0 Å². The maximum absolute atomic E-state index is 12.8. The molecule has 1 aliphatic heterocycles. The van der Waals surface area contributed by atoms with Crippen LogP contribution in [0.15, 0.2) is 35.2 Å². The Hall–Kier alpha value is -2.44. The maximum Gasteiger partial charge on any atom is 0.408 e. The molecule has 2 heterocycles. The number of nitrogens with zero attached hydrogens (tertiary/aromatic N) is 2. The van der Waals surface area contributed by atoms with Crippen molar-refractivity contribution < 1.29 is 18.4 Å². The molecule has 2 aromatic rings. The second kappa shape index (κ2) is 4.68. The Morgan fingerprint density at radius 2 is 2.11 bits per heavy atom. The van der Waals surface area contributed by atoms with Crippen molar-refractivity contribution in [1.82, 2.24) is 15.5 Å². The SMILES string of the molecule is O=C1N[C@H](CF)[C@@H](c2ccc(-c3ncon3)cc2)O1. The summed E-state index contributed by atoms with van der Waals surface area (Å²) in [6.07, 6.45) is 0.0251. The second-order valence-electron chi connectivity index (χ2n) is 4.11. The van der Waals surface area contributed by atoms with Gasteiger partial charge in [0.05, 0.1) is 0 Å². The van der Waals surface area contributed by atoms with Crippen LogP contribution < -0.4 is 5.32 Å². The molecule has 0 saturated carbocycles. The summed E-state index contributed by atoms with van der Waals surface area (Å²) in [5, 5.41) is 6.13. The van der Waals surface area contributed by atoms with Gasteiger partial charge in [-0.2, -0.15) is 4.98 Å². The molecule has 2 atom stereocenters. The standard InChI is InChI=1S/C12H10FN3O3/c13-5-9-10(19-12(17)15-9)7-1-3-8(4-2-7)11-14-6-18-16-11/h1-4,6,9-10H,5H2,(H,15,17)/t9-,10-/m1/s1. The Bertz CT molecular complexity index is 570. The third kappa shape index (κ3) is 2.14. The minimum Gasteiger partial charge on any atom is -0.439 e. The molecular weight excluding hydrogens is 253 g/mol. The molecule has 1 aromatic carbocycles. The smallest absolute Gasteiger partial charge is 0.408 e. The van der Waals surface area contributed by atoms with E-state index in [-0.39, 0.29) is 0 Å². The number of aromatic nitrogens is 2. The van der Waals surface area contributed by atoms with Gasteiger partial charge in [0, 0.05) is 5.56 Å². The van der Waals surface area contributed by atoms with Gasteiger partial charge in [0.15, 0.2) is 6.10 Å². The predicted octanol–water partition coefficient (Wildman–Crippen LogP) is 1.86. The van der Waals surface area contributed by atoms with Crippen molar-refractivity contribution in [2.45, 2.75) is 12.1 Å². The highest BCUT2D eigenvalue weighted by atomic mass is 19.1. The van der Waals surface area contributed by atoms with Crippen molar-refractivity contribution in [3.05, 3.63) is 36.2 Å². The van der Waals surface area contributed by atoms with Crippen LogP contribution in [0.2, 0.25) is 0 Å². The van der Waals surface area contributed by atoms with E-state index in [2.05, 4.69) is 20.0 Å². The van der Waals surface area contributed by atoms with E-state index in [1.807, 2.05) is 0 Å². The van der Waals surface area contributed by atoms with Gasteiger partial charge in [0.25, 0.3) is 0 Å². The van der Waals surface area contributed by atoms with Crippen molar-refractivity contribution >= 4 is 6.09 Å². The second-order valence-corrected chi connectivity index (χ2v) is 4.11. The summed E-state index contributed by atoms with van der Waals surface area (Å²) < 4.78 is 22.5. The molecule has 1 fully saturated rings. The van der Waals surface area contributed by atoms with Crippen LogP contribution >= 0.6 is 0 Å². The highest BCUT2D eigenvalue weighted by molar-refractivity contribution is 5.70. The molecule has 3 rings (SSSR count). The Labute approximate surface area is 107 Å². The number of alkyl carbamates (subject to hydrolysis) is 1. The highest BCUT2D eigenvalue weighted by Gasteiger charge is 2.35. The fourth-order valence-corrected chi connectivity index (χ4v) is 2.00. The predicted molar refractivity (Wildman–Crippen MR) is 61.9 cm³/mol. The first-order chi connectivity index (χ1) is 9.28. The van der Waals surface area contributed by atoms with Crippen LogP contribution in [0.4, 0.5) is 9.18 Å². The van der Waals surface area contributed by atoms with Crippen LogP contribution in [0.5, 0.6) is 0 Å². The van der Waals surface area contributed by atoms with Gasteiger partial charge in [0.1, 0.15) is 12.7 Å². The number of alkyl halides is 1. The largest absolute Gasteiger partial charge is 0.439 e. The summed E-state index contributed by atoms with van der Waals surface area (Å²) in [5.41, 5.74) is 1.49. The van der Waals surface area contributed by atoms with E-state index < -0.39 is 24.9 Å². The number of hydrogen-bond donors (Lipinski definition) is 1. The topological polar surface area (TPSA) is 77.3 Å². The number of hydrogen-bond acceptors (Lipinski definition) is 5. The quantitative estimate of drug-likeness (QED) is 0.914. The number of carbonyl (C=O) groups excluding carboxylic acids is 1. The molecule has 6 nitrogen and oxygen atoms in total. The highest BCUT2D eigenvalue weighted by Crippen LogP contribution is 2.28. The number of halogens is 1. The van der Waals surface area contributed by atoms with Crippen molar-refractivity contribution in [3.63, 3.8) is 0 Å². The Balaban J connectivity index is 1.84. The van der Waals surface area contributed by atoms with Gasteiger partial charge in [-0.05, 0) is 5.56 Å². The Morgan fingerprint density at radius 1 is 1.32 bits per heavy atom. The molecule has 7 heteroatoms. The van der Waals surface area contributed by atoms with Crippen LogP contribution in [0.3, 0.4) is 0 Å². The lowest BCUT2D eigenvalue weighted by Crippen LogP contribution is -2.29. The van der Waals surface area contributed by atoms with E-state index >= 15 is 0 Å². The van der Waals surface area contributed by atoms with Crippen molar-refractivity contribution in [1.29, 1.82) is 0 Å². The monoisotopic (exact) mass is 263 g/mol. The minimum absolute atomic E-state index is 0.468. The molecule has 1 N–H and O–H groups in total. The van der Waals surface area contributed by atoms with Gasteiger partial charge in [-0.1, -0.05) is 29.4 Å². The third-order valence-electron chi connectivity index (χ3n) is 2.93. The van der Waals surface area contributed by atoms with Crippen LogP contribution in [0.25, 0.3) is 11.4 Å². The minimum atomic E-state index is -0.678. The first-order valence-electron chi connectivity index (χ1n) is 5.68. The van der Waals surface area contributed by atoms with Crippen LogP contribution in [-0.4, -0.2) is 29.0 Å². The summed E-state index contributed by atoms with van der Waals surface area (Å²) in [4.78, 5) is 15.0. The molecule has 0 unspecified atom stereocenters.